The first-order chi connectivity index (χ1) is 9.17. The summed E-state index contributed by atoms with van der Waals surface area (Å²) in [6.45, 7) is 0. The second kappa shape index (κ2) is 6.63. The Kier molecular flexibility index (Phi) is 4.87. The van der Waals surface area contributed by atoms with E-state index < -0.39 is 6.09 Å². The third-order valence-corrected chi connectivity index (χ3v) is 3.59. The molecular weight excluding hydrogens is 326 g/mol. The molecule has 3 nitrogen and oxygen atoms in total. The molecule has 98 valence electrons. The molecule has 0 fully saturated rings. The molecule has 0 atom stereocenters. The maximum Gasteiger partial charge on any atom is 0.417 e. The van der Waals surface area contributed by atoms with Crippen LogP contribution in [0.5, 0.6) is 5.75 Å². The largest absolute Gasteiger partial charge is 0.417 e. The first kappa shape index (κ1) is 14.0. The first-order valence-electron chi connectivity index (χ1n) is 5.56. The van der Waals surface area contributed by atoms with Crippen molar-refractivity contribution < 1.29 is 9.53 Å². The third-order valence-electron chi connectivity index (χ3n) is 2.34. The van der Waals surface area contributed by atoms with Crippen LogP contribution in [0.3, 0.4) is 0 Å². The van der Waals surface area contributed by atoms with Crippen LogP contribution in [0.2, 0.25) is 0 Å². The zero-order valence-electron chi connectivity index (χ0n) is 10.2. The lowest BCUT2D eigenvalue weighted by atomic mass is 10.3. The van der Waals surface area contributed by atoms with Crippen molar-refractivity contribution in [2.75, 3.05) is 11.6 Å². The predicted octanol–water partition coefficient (Wildman–Crippen LogP) is 4.78. The van der Waals surface area contributed by atoms with Gasteiger partial charge in [0.05, 0.1) is 0 Å². The fourth-order valence-corrected chi connectivity index (χ4v) is 2.18. The molecule has 0 aliphatic rings. The number of hydrogen-bond donors (Lipinski definition) is 1. The fraction of sp³-hybridized carbons (Fsp3) is 0.0714. The molecule has 0 aliphatic carbocycles. The van der Waals surface area contributed by atoms with Crippen molar-refractivity contribution in [3.05, 3.63) is 53.0 Å². The first-order valence-corrected chi connectivity index (χ1v) is 7.57. The van der Waals surface area contributed by atoms with E-state index in [1.807, 2.05) is 42.7 Å². The average molecular weight is 338 g/mol. The number of rotatable bonds is 3. The molecule has 2 aromatic carbocycles. The molecule has 0 spiro atoms. The average Bonchev–Trinajstić information content (AvgIpc) is 2.41. The number of amides is 1. The van der Waals surface area contributed by atoms with Crippen LogP contribution >= 0.6 is 27.7 Å². The number of thioether (sulfide) groups is 1. The van der Waals surface area contributed by atoms with Crippen molar-refractivity contribution in [3.8, 4) is 5.75 Å². The van der Waals surface area contributed by atoms with Gasteiger partial charge in [0.15, 0.2) is 0 Å². The highest BCUT2D eigenvalue weighted by Crippen LogP contribution is 2.20. The molecule has 0 bridgehead atoms. The lowest BCUT2D eigenvalue weighted by molar-refractivity contribution is 0.215. The van der Waals surface area contributed by atoms with Crippen LogP contribution in [-0.2, 0) is 0 Å². The Morgan fingerprint density at radius 2 is 1.95 bits per heavy atom. The number of halogens is 1. The molecule has 0 saturated carbocycles. The zero-order chi connectivity index (χ0) is 13.7. The molecule has 5 heteroatoms. The lowest BCUT2D eigenvalue weighted by Crippen LogP contribution is -2.16. The van der Waals surface area contributed by atoms with Crippen molar-refractivity contribution in [1.82, 2.24) is 0 Å². The second-order valence-corrected chi connectivity index (χ2v) is 5.50. The summed E-state index contributed by atoms with van der Waals surface area (Å²) in [5.41, 5.74) is 0.717. The molecular formula is C14H12BrNO2S. The van der Waals surface area contributed by atoms with Gasteiger partial charge in [-0.1, -0.05) is 22.0 Å². The Morgan fingerprint density at radius 3 is 2.63 bits per heavy atom. The molecule has 0 saturated heterocycles. The smallest absolute Gasteiger partial charge is 0.410 e. The topological polar surface area (TPSA) is 38.3 Å². The summed E-state index contributed by atoms with van der Waals surface area (Å²) in [6, 6.07) is 14.7. The van der Waals surface area contributed by atoms with Crippen LogP contribution in [0.4, 0.5) is 10.5 Å². The highest BCUT2D eigenvalue weighted by atomic mass is 79.9. The van der Waals surface area contributed by atoms with Gasteiger partial charge in [-0.3, -0.25) is 5.32 Å². The summed E-state index contributed by atoms with van der Waals surface area (Å²) >= 11 is 4.94. The van der Waals surface area contributed by atoms with Gasteiger partial charge < -0.3 is 4.74 Å². The summed E-state index contributed by atoms with van der Waals surface area (Å²) in [4.78, 5) is 12.8. The number of ether oxygens (including phenoxy) is 1. The molecule has 2 aromatic rings. The van der Waals surface area contributed by atoms with Gasteiger partial charge in [0.2, 0.25) is 0 Å². The molecule has 1 N–H and O–H groups in total. The molecule has 19 heavy (non-hydrogen) atoms. The third kappa shape index (κ3) is 4.29. The maximum absolute atomic E-state index is 11.7. The highest BCUT2D eigenvalue weighted by molar-refractivity contribution is 9.10. The Morgan fingerprint density at radius 1 is 1.21 bits per heavy atom. The number of hydrogen-bond acceptors (Lipinski definition) is 3. The zero-order valence-corrected chi connectivity index (χ0v) is 12.6. The van der Waals surface area contributed by atoms with E-state index in [2.05, 4.69) is 21.2 Å². The van der Waals surface area contributed by atoms with Crippen molar-refractivity contribution in [2.45, 2.75) is 4.90 Å². The highest BCUT2D eigenvalue weighted by Gasteiger charge is 2.05. The van der Waals surface area contributed by atoms with Crippen molar-refractivity contribution in [2.24, 2.45) is 0 Å². The van der Waals surface area contributed by atoms with E-state index in [9.17, 15) is 4.79 Å². The number of anilines is 1. The van der Waals surface area contributed by atoms with Crippen LogP contribution in [0.15, 0.2) is 57.9 Å². The number of benzene rings is 2. The number of carbonyl (C=O) groups is 1. The summed E-state index contributed by atoms with van der Waals surface area (Å²) in [6.07, 6.45) is 1.49. The van der Waals surface area contributed by atoms with Gasteiger partial charge >= 0.3 is 6.09 Å². The Bertz CT molecular complexity index is 572. The van der Waals surface area contributed by atoms with E-state index in [0.717, 1.165) is 9.37 Å². The summed E-state index contributed by atoms with van der Waals surface area (Å²) in [7, 11) is 0. The minimum atomic E-state index is -0.499. The van der Waals surface area contributed by atoms with Gasteiger partial charge in [0.1, 0.15) is 5.75 Å². The van der Waals surface area contributed by atoms with Crippen molar-refractivity contribution >= 4 is 39.5 Å². The van der Waals surface area contributed by atoms with E-state index >= 15 is 0 Å². The van der Waals surface area contributed by atoms with Crippen LogP contribution in [-0.4, -0.2) is 12.3 Å². The standard InChI is InChI=1S/C14H12BrNO2S/c1-19-13-4-2-3-11(9-13)16-14(17)18-12-7-5-10(15)6-8-12/h2-9H,1H3,(H,16,17). The number of carbonyl (C=O) groups excluding carboxylic acids is 1. The summed E-state index contributed by atoms with van der Waals surface area (Å²) in [5, 5.41) is 2.69. The monoisotopic (exact) mass is 337 g/mol. The van der Waals surface area contributed by atoms with Gasteiger partial charge in [-0.2, -0.15) is 0 Å². The summed E-state index contributed by atoms with van der Waals surface area (Å²) in [5.74, 6) is 0.502. The van der Waals surface area contributed by atoms with Gasteiger partial charge in [0, 0.05) is 15.1 Å². The Balaban J connectivity index is 1.99. The minimum Gasteiger partial charge on any atom is -0.410 e. The maximum atomic E-state index is 11.7. The van der Waals surface area contributed by atoms with E-state index in [1.165, 1.54) is 0 Å². The van der Waals surface area contributed by atoms with Crippen LogP contribution in [0, 0.1) is 0 Å². The van der Waals surface area contributed by atoms with Gasteiger partial charge in [0.25, 0.3) is 0 Å². The molecule has 1 amide bonds. The van der Waals surface area contributed by atoms with Crippen LogP contribution in [0.1, 0.15) is 0 Å². The Hall–Kier alpha value is -1.46. The normalized spacial score (nSPS) is 10.0. The van der Waals surface area contributed by atoms with E-state index in [4.69, 9.17) is 4.74 Å². The van der Waals surface area contributed by atoms with E-state index in [0.29, 0.717) is 11.4 Å². The lowest BCUT2D eigenvalue weighted by Gasteiger charge is -2.07. The number of nitrogens with one attached hydrogen (secondary N) is 1. The van der Waals surface area contributed by atoms with Crippen molar-refractivity contribution in [3.63, 3.8) is 0 Å². The van der Waals surface area contributed by atoms with Gasteiger partial charge in [-0.05, 0) is 48.7 Å². The Labute approximate surface area is 124 Å². The fourth-order valence-electron chi connectivity index (χ4n) is 1.45. The van der Waals surface area contributed by atoms with E-state index in [1.54, 1.807) is 23.9 Å². The quantitative estimate of drug-likeness (QED) is 0.819. The molecule has 0 aromatic heterocycles. The molecule has 2 rings (SSSR count). The van der Waals surface area contributed by atoms with Crippen LogP contribution in [0.25, 0.3) is 0 Å². The van der Waals surface area contributed by atoms with E-state index in [-0.39, 0.29) is 0 Å². The minimum absolute atomic E-state index is 0.499. The summed E-state index contributed by atoms with van der Waals surface area (Å²) < 4.78 is 6.11. The second-order valence-electron chi connectivity index (χ2n) is 3.70. The molecule has 0 heterocycles. The van der Waals surface area contributed by atoms with Crippen LogP contribution < -0.4 is 10.1 Å². The van der Waals surface area contributed by atoms with Gasteiger partial charge in [-0.25, -0.2) is 4.79 Å². The molecule has 0 unspecified atom stereocenters. The van der Waals surface area contributed by atoms with Gasteiger partial charge in [-0.15, -0.1) is 11.8 Å². The molecule has 0 aliphatic heterocycles. The molecule has 0 radical (unpaired) electrons. The van der Waals surface area contributed by atoms with Crippen molar-refractivity contribution in [1.29, 1.82) is 0 Å². The predicted molar refractivity (Wildman–Crippen MR) is 82.0 cm³/mol. The SMILES string of the molecule is CSc1cccc(NC(=O)Oc2ccc(Br)cc2)c1.